The van der Waals surface area contributed by atoms with Crippen molar-refractivity contribution < 1.29 is 18.7 Å². The third-order valence-electron chi connectivity index (χ3n) is 6.78. The van der Waals surface area contributed by atoms with Crippen LogP contribution in [0.25, 0.3) is 21.3 Å². The first kappa shape index (κ1) is 22.6. The molecule has 2 aliphatic rings. The van der Waals surface area contributed by atoms with Crippen LogP contribution in [0.15, 0.2) is 36.8 Å². The van der Waals surface area contributed by atoms with Crippen LogP contribution in [0.5, 0.6) is 5.75 Å². The average Bonchev–Trinajstić information content (AvgIpc) is 3.33. The number of nitriles is 1. The van der Waals surface area contributed by atoms with Gasteiger partial charge in [-0.05, 0) is 36.1 Å². The van der Waals surface area contributed by atoms with E-state index in [1.807, 2.05) is 0 Å². The summed E-state index contributed by atoms with van der Waals surface area (Å²) in [5.41, 5.74) is 1.99. The van der Waals surface area contributed by atoms with Gasteiger partial charge in [0.05, 0.1) is 58.5 Å². The Labute approximate surface area is 213 Å². The number of fused-ring (bicyclic) bond motifs is 2. The average molecular weight is 522 g/mol. The lowest BCUT2D eigenvalue weighted by Crippen LogP contribution is -2.45. The molecule has 11 heteroatoms. The summed E-state index contributed by atoms with van der Waals surface area (Å²) >= 11 is 7.54. The standard InChI is InChI=1S/C25H17ClFN5O3S/c1-31-22-12(9-30-31)8-29-10-18(22)32-24(33)21(13-3-11(13)7-28)15-5-20(36-23(15)25(32)34)14-4-19(35-2)17(27)6-16(14)26/h4-6,8-11,13,21H,3H2,1-2H3/t11-,13?,21-/m1/s1. The number of rotatable bonds is 4. The fourth-order valence-corrected chi connectivity index (χ4v) is 6.41. The normalized spacial score (nSPS) is 21.0. The number of benzene rings is 1. The van der Waals surface area contributed by atoms with Gasteiger partial charge in [-0.25, -0.2) is 9.29 Å². The van der Waals surface area contributed by atoms with Crippen LogP contribution in [-0.4, -0.2) is 33.7 Å². The number of hydrogen-bond donors (Lipinski definition) is 0. The number of amides is 2. The molecule has 3 atom stereocenters. The maximum atomic E-state index is 14.2. The fourth-order valence-electron chi connectivity index (χ4n) is 4.93. The highest BCUT2D eigenvalue weighted by Gasteiger charge is 2.53. The molecule has 2 amide bonds. The number of halogens is 2. The van der Waals surface area contributed by atoms with Gasteiger partial charge in [-0.2, -0.15) is 10.4 Å². The monoisotopic (exact) mass is 521 g/mol. The zero-order valence-corrected chi connectivity index (χ0v) is 20.6. The summed E-state index contributed by atoms with van der Waals surface area (Å²) in [6.45, 7) is 0. The number of anilines is 1. The van der Waals surface area contributed by atoms with Crippen molar-refractivity contribution in [2.45, 2.75) is 12.3 Å². The maximum Gasteiger partial charge on any atom is 0.275 e. The Hall–Kier alpha value is -3.81. The quantitative estimate of drug-likeness (QED) is 0.353. The van der Waals surface area contributed by atoms with E-state index in [1.54, 1.807) is 30.2 Å². The van der Waals surface area contributed by atoms with E-state index in [0.29, 0.717) is 43.9 Å². The first-order valence-electron chi connectivity index (χ1n) is 11.0. The third kappa shape index (κ3) is 3.23. The van der Waals surface area contributed by atoms with Crippen molar-refractivity contribution in [3.63, 3.8) is 0 Å². The van der Waals surface area contributed by atoms with Gasteiger partial charge in [-0.3, -0.25) is 19.3 Å². The van der Waals surface area contributed by atoms with Gasteiger partial charge >= 0.3 is 0 Å². The first-order chi connectivity index (χ1) is 17.3. The Kier molecular flexibility index (Phi) is 5.10. The summed E-state index contributed by atoms with van der Waals surface area (Å²) in [6, 6.07) is 6.64. The van der Waals surface area contributed by atoms with Crippen LogP contribution in [0.3, 0.4) is 0 Å². The minimum Gasteiger partial charge on any atom is -0.494 e. The molecule has 1 aromatic carbocycles. The van der Waals surface area contributed by atoms with E-state index in [1.165, 1.54) is 30.7 Å². The topological polar surface area (TPSA) is 101 Å². The number of aromatic nitrogens is 3. The summed E-state index contributed by atoms with van der Waals surface area (Å²) in [5.74, 6) is -2.65. The number of thiophene rings is 1. The molecule has 0 N–H and O–H groups in total. The molecule has 1 fully saturated rings. The molecule has 36 heavy (non-hydrogen) atoms. The van der Waals surface area contributed by atoms with Crippen molar-refractivity contribution in [2.75, 3.05) is 12.0 Å². The summed E-state index contributed by atoms with van der Waals surface area (Å²) in [4.78, 5) is 34.1. The smallest absolute Gasteiger partial charge is 0.275 e. The summed E-state index contributed by atoms with van der Waals surface area (Å²) in [7, 11) is 3.08. The van der Waals surface area contributed by atoms with Gasteiger partial charge in [-0.1, -0.05) is 11.6 Å². The van der Waals surface area contributed by atoms with Gasteiger partial charge in [0.25, 0.3) is 5.91 Å². The van der Waals surface area contributed by atoms with Crippen molar-refractivity contribution in [3.05, 3.63) is 58.1 Å². The predicted molar refractivity (Wildman–Crippen MR) is 132 cm³/mol. The van der Waals surface area contributed by atoms with Gasteiger partial charge in [0, 0.05) is 29.1 Å². The molecular weight excluding hydrogens is 505 g/mol. The maximum absolute atomic E-state index is 14.2. The molecule has 1 unspecified atom stereocenters. The number of aryl methyl sites for hydroxylation is 1. The van der Waals surface area contributed by atoms with Crippen LogP contribution in [-0.2, 0) is 11.8 Å². The molecule has 180 valence electrons. The Bertz CT molecular complexity index is 1640. The molecule has 3 aromatic heterocycles. The number of hydrogen-bond acceptors (Lipinski definition) is 7. The van der Waals surface area contributed by atoms with Crippen molar-refractivity contribution in [1.29, 1.82) is 5.26 Å². The van der Waals surface area contributed by atoms with E-state index in [9.17, 15) is 19.2 Å². The molecule has 0 bridgehead atoms. The Morgan fingerprint density at radius 1 is 1.25 bits per heavy atom. The number of carbonyl (C=O) groups is 2. The van der Waals surface area contributed by atoms with Crippen LogP contribution in [0.1, 0.15) is 27.6 Å². The molecule has 0 spiro atoms. The largest absolute Gasteiger partial charge is 0.494 e. The van der Waals surface area contributed by atoms with Gasteiger partial charge < -0.3 is 4.74 Å². The van der Waals surface area contributed by atoms with Crippen molar-refractivity contribution in [3.8, 4) is 22.3 Å². The molecule has 4 heterocycles. The number of nitrogens with zero attached hydrogens (tertiary/aromatic N) is 5. The first-order valence-corrected chi connectivity index (χ1v) is 12.2. The lowest BCUT2D eigenvalue weighted by molar-refractivity contribution is -0.120. The minimum absolute atomic E-state index is 0.0158. The van der Waals surface area contributed by atoms with E-state index in [4.69, 9.17) is 16.3 Å². The van der Waals surface area contributed by atoms with Crippen LogP contribution >= 0.6 is 22.9 Å². The van der Waals surface area contributed by atoms with Crippen molar-refractivity contribution in [2.24, 2.45) is 18.9 Å². The lowest BCUT2D eigenvalue weighted by Gasteiger charge is -2.31. The van der Waals surface area contributed by atoms with Gasteiger partial charge in [0.15, 0.2) is 11.6 Å². The highest BCUT2D eigenvalue weighted by atomic mass is 35.5. The van der Waals surface area contributed by atoms with Crippen molar-refractivity contribution in [1.82, 2.24) is 14.8 Å². The van der Waals surface area contributed by atoms with Crippen LogP contribution in [0.2, 0.25) is 5.02 Å². The van der Waals surface area contributed by atoms with Crippen LogP contribution < -0.4 is 9.64 Å². The highest BCUT2D eigenvalue weighted by molar-refractivity contribution is 7.18. The molecule has 1 aliphatic carbocycles. The van der Waals surface area contributed by atoms with E-state index >= 15 is 0 Å². The van der Waals surface area contributed by atoms with Gasteiger partial charge in [-0.15, -0.1) is 11.3 Å². The minimum atomic E-state index is -0.683. The zero-order valence-electron chi connectivity index (χ0n) is 19.0. The van der Waals surface area contributed by atoms with E-state index < -0.39 is 23.5 Å². The van der Waals surface area contributed by atoms with Gasteiger partial charge in [0.1, 0.15) is 0 Å². The molecular formula is C25H17ClFN5O3S. The zero-order chi connectivity index (χ0) is 25.3. The summed E-state index contributed by atoms with van der Waals surface area (Å²) in [6.07, 6.45) is 5.28. The van der Waals surface area contributed by atoms with Crippen LogP contribution in [0, 0.1) is 29.0 Å². The predicted octanol–water partition coefficient (Wildman–Crippen LogP) is 4.93. The fraction of sp³-hybridized carbons (Fsp3) is 0.240. The lowest BCUT2D eigenvalue weighted by atomic mass is 9.87. The van der Waals surface area contributed by atoms with Crippen LogP contribution in [0.4, 0.5) is 10.1 Å². The summed E-state index contributed by atoms with van der Waals surface area (Å²) < 4.78 is 20.9. The second-order valence-corrected chi connectivity index (χ2v) is 10.3. The van der Waals surface area contributed by atoms with E-state index in [2.05, 4.69) is 16.2 Å². The second kappa shape index (κ2) is 8.11. The molecule has 0 saturated heterocycles. The van der Waals surface area contributed by atoms with E-state index in [0.717, 1.165) is 11.0 Å². The number of carbonyl (C=O) groups excluding carboxylic acids is 2. The Morgan fingerprint density at radius 2 is 2.06 bits per heavy atom. The van der Waals surface area contributed by atoms with Crippen molar-refractivity contribution >= 4 is 51.3 Å². The highest BCUT2D eigenvalue weighted by Crippen LogP contribution is 2.54. The SMILES string of the molecule is COc1cc(-c2cc3c(s2)C(=O)N(c2cncc4cnn(C)c24)C(=O)[C@@H]3C2C[C@@H]2C#N)c(Cl)cc1F. The number of ether oxygens (including phenoxy) is 1. The second-order valence-electron chi connectivity index (χ2n) is 8.82. The summed E-state index contributed by atoms with van der Waals surface area (Å²) in [5, 5.41) is 14.6. The Morgan fingerprint density at radius 3 is 2.78 bits per heavy atom. The Balaban J connectivity index is 1.54. The van der Waals surface area contributed by atoms with E-state index in [-0.39, 0.29) is 22.6 Å². The van der Waals surface area contributed by atoms with Gasteiger partial charge in [0.2, 0.25) is 5.91 Å². The molecule has 1 saturated carbocycles. The molecule has 4 aromatic rings. The molecule has 0 radical (unpaired) electrons. The third-order valence-corrected chi connectivity index (χ3v) is 8.27. The molecule has 1 aliphatic heterocycles. The number of pyridine rings is 1. The number of methoxy groups -OCH3 is 1. The number of imide groups is 1. The molecule has 8 nitrogen and oxygen atoms in total. The molecule has 6 rings (SSSR count).